The quantitative estimate of drug-likeness (QED) is 0.836. The third-order valence-electron chi connectivity index (χ3n) is 3.38. The molecular formula is C16H17Cl2NO3S. The molecule has 0 aliphatic rings. The Kier molecular flexibility index (Phi) is 5.92. The van der Waals surface area contributed by atoms with Gasteiger partial charge < -0.3 is 4.74 Å². The van der Waals surface area contributed by atoms with Crippen LogP contribution in [0.3, 0.4) is 0 Å². The fourth-order valence-electron chi connectivity index (χ4n) is 2.15. The normalized spacial score (nSPS) is 11.5. The molecule has 0 aliphatic carbocycles. The molecule has 7 heteroatoms. The zero-order valence-corrected chi connectivity index (χ0v) is 15.1. The van der Waals surface area contributed by atoms with Gasteiger partial charge in [0.05, 0.1) is 12.0 Å². The summed E-state index contributed by atoms with van der Waals surface area (Å²) in [6.45, 7) is 2.04. The molecule has 0 saturated heterocycles. The molecule has 0 aromatic heterocycles. The lowest BCUT2D eigenvalue weighted by molar-refractivity contribution is 0.411. The Morgan fingerprint density at radius 1 is 1.13 bits per heavy atom. The largest absolute Gasteiger partial charge is 0.496 e. The van der Waals surface area contributed by atoms with Crippen LogP contribution in [0.1, 0.15) is 11.1 Å². The minimum absolute atomic E-state index is 0.206. The molecule has 2 aromatic rings. The predicted octanol–water partition coefficient (Wildman–Crippen LogP) is 3.83. The van der Waals surface area contributed by atoms with Crippen LogP contribution in [0.25, 0.3) is 0 Å². The van der Waals surface area contributed by atoms with Gasteiger partial charge in [-0.15, -0.1) is 0 Å². The van der Waals surface area contributed by atoms with Crippen LogP contribution in [0.2, 0.25) is 10.0 Å². The second kappa shape index (κ2) is 7.53. The molecule has 0 atom stereocenters. The van der Waals surface area contributed by atoms with Crippen LogP contribution in [0.15, 0.2) is 41.3 Å². The summed E-state index contributed by atoms with van der Waals surface area (Å²) >= 11 is 11.9. The van der Waals surface area contributed by atoms with Gasteiger partial charge in [0.15, 0.2) is 0 Å². The van der Waals surface area contributed by atoms with Crippen LogP contribution in [0, 0.1) is 6.92 Å². The molecule has 0 heterocycles. The molecule has 0 fully saturated rings. The summed E-state index contributed by atoms with van der Waals surface area (Å²) in [5, 5.41) is 1.07. The fraction of sp³-hybridized carbons (Fsp3) is 0.250. The van der Waals surface area contributed by atoms with Crippen LogP contribution in [0.5, 0.6) is 5.75 Å². The maximum Gasteiger partial charge on any atom is 0.240 e. The van der Waals surface area contributed by atoms with Crippen LogP contribution in [-0.4, -0.2) is 22.1 Å². The fourth-order valence-corrected chi connectivity index (χ4v) is 3.77. The van der Waals surface area contributed by atoms with Crippen molar-refractivity contribution in [2.45, 2.75) is 18.2 Å². The van der Waals surface area contributed by atoms with Gasteiger partial charge in [-0.25, -0.2) is 13.1 Å². The Hall–Kier alpha value is -1.27. The highest BCUT2D eigenvalue weighted by molar-refractivity contribution is 7.89. The molecule has 0 unspecified atom stereocenters. The molecule has 1 N–H and O–H groups in total. The van der Waals surface area contributed by atoms with Crippen molar-refractivity contribution in [3.05, 3.63) is 57.6 Å². The zero-order valence-electron chi connectivity index (χ0n) is 12.8. The summed E-state index contributed by atoms with van der Waals surface area (Å²) in [4.78, 5) is 0.206. The molecule has 0 spiro atoms. The first-order valence-electron chi connectivity index (χ1n) is 6.92. The number of sulfonamides is 1. The van der Waals surface area contributed by atoms with Gasteiger partial charge in [0.1, 0.15) is 5.75 Å². The molecule has 0 aliphatic heterocycles. The van der Waals surface area contributed by atoms with E-state index in [1.54, 1.807) is 44.4 Å². The minimum Gasteiger partial charge on any atom is -0.496 e. The van der Waals surface area contributed by atoms with E-state index in [1.165, 1.54) is 6.07 Å². The molecule has 124 valence electrons. The highest BCUT2D eigenvalue weighted by Crippen LogP contribution is 2.22. The van der Waals surface area contributed by atoms with Crippen LogP contribution >= 0.6 is 23.2 Å². The molecule has 0 radical (unpaired) electrons. The maximum absolute atomic E-state index is 12.3. The van der Waals surface area contributed by atoms with Gasteiger partial charge in [-0.1, -0.05) is 29.3 Å². The SMILES string of the molecule is COc1ccc(S(=O)(=O)NCCc2ccc(Cl)cc2Cl)cc1C. The van der Waals surface area contributed by atoms with Crippen LogP contribution < -0.4 is 9.46 Å². The predicted molar refractivity (Wildman–Crippen MR) is 93.1 cm³/mol. The number of methoxy groups -OCH3 is 1. The van der Waals surface area contributed by atoms with E-state index >= 15 is 0 Å². The maximum atomic E-state index is 12.3. The van der Waals surface area contributed by atoms with E-state index in [1.807, 2.05) is 0 Å². The van der Waals surface area contributed by atoms with Crippen molar-refractivity contribution in [1.29, 1.82) is 0 Å². The number of hydrogen-bond acceptors (Lipinski definition) is 3. The van der Waals surface area contributed by atoms with Gasteiger partial charge in [0.25, 0.3) is 0 Å². The molecular weight excluding hydrogens is 357 g/mol. The zero-order chi connectivity index (χ0) is 17.0. The third-order valence-corrected chi connectivity index (χ3v) is 5.42. The first-order valence-corrected chi connectivity index (χ1v) is 9.15. The van der Waals surface area contributed by atoms with Crippen molar-refractivity contribution in [1.82, 2.24) is 4.72 Å². The van der Waals surface area contributed by atoms with Crippen molar-refractivity contribution in [3.8, 4) is 5.75 Å². The van der Waals surface area contributed by atoms with Crippen molar-refractivity contribution in [2.75, 3.05) is 13.7 Å². The second-order valence-corrected chi connectivity index (χ2v) is 7.63. The highest BCUT2D eigenvalue weighted by Gasteiger charge is 2.15. The Bertz CT molecular complexity index is 807. The first-order chi connectivity index (χ1) is 10.8. The van der Waals surface area contributed by atoms with E-state index in [0.717, 1.165) is 11.1 Å². The van der Waals surface area contributed by atoms with E-state index in [9.17, 15) is 8.42 Å². The van der Waals surface area contributed by atoms with E-state index in [2.05, 4.69) is 4.72 Å². The Labute approximate surface area is 146 Å². The number of benzene rings is 2. The summed E-state index contributed by atoms with van der Waals surface area (Å²) < 4.78 is 32.3. The highest BCUT2D eigenvalue weighted by atomic mass is 35.5. The van der Waals surface area contributed by atoms with Crippen molar-refractivity contribution >= 4 is 33.2 Å². The summed E-state index contributed by atoms with van der Waals surface area (Å²) in [6, 6.07) is 9.89. The Balaban J connectivity index is 2.05. The number of ether oxygens (including phenoxy) is 1. The van der Waals surface area contributed by atoms with Gasteiger partial charge in [0.2, 0.25) is 10.0 Å². The summed E-state index contributed by atoms with van der Waals surface area (Å²) in [5.74, 6) is 0.650. The number of halogens is 2. The lowest BCUT2D eigenvalue weighted by Crippen LogP contribution is -2.26. The second-order valence-electron chi connectivity index (χ2n) is 5.01. The van der Waals surface area contributed by atoms with E-state index < -0.39 is 10.0 Å². The minimum atomic E-state index is -3.57. The van der Waals surface area contributed by atoms with Gasteiger partial charge in [-0.05, 0) is 54.8 Å². The Morgan fingerprint density at radius 2 is 1.87 bits per heavy atom. The summed E-state index contributed by atoms with van der Waals surface area (Å²) in [7, 11) is -2.03. The summed E-state index contributed by atoms with van der Waals surface area (Å²) in [5.41, 5.74) is 1.60. The summed E-state index contributed by atoms with van der Waals surface area (Å²) in [6.07, 6.45) is 0.477. The number of nitrogens with one attached hydrogen (secondary N) is 1. The molecule has 23 heavy (non-hydrogen) atoms. The number of hydrogen-bond donors (Lipinski definition) is 1. The molecule has 4 nitrogen and oxygen atoms in total. The monoisotopic (exact) mass is 373 g/mol. The van der Waals surface area contributed by atoms with Gasteiger partial charge >= 0.3 is 0 Å². The standard InChI is InChI=1S/C16H17Cl2NO3S/c1-11-9-14(5-6-16(11)22-2)23(20,21)19-8-7-12-3-4-13(17)10-15(12)18/h3-6,9-10,19H,7-8H2,1-2H3. The lowest BCUT2D eigenvalue weighted by Gasteiger charge is -2.10. The molecule has 0 saturated carbocycles. The van der Waals surface area contributed by atoms with Crippen molar-refractivity contribution in [2.24, 2.45) is 0 Å². The van der Waals surface area contributed by atoms with Gasteiger partial charge in [-0.2, -0.15) is 0 Å². The van der Waals surface area contributed by atoms with Crippen molar-refractivity contribution in [3.63, 3.8) is 0 Å². The van der Waals surface area contributed by atoms with E-state index in [-0.39, 0.29) is 11.4 Å². The number of aryl methyl sites for hydroxylation is 1. The van der Waals surface area contributed by atoms with Gasteiger partial charge in [-0.3, -0.25) is 0 Å². The number of rotatable bonds is 6. The van der Waals surface area contributed by atoms with Crippen molar-refractivity contribution < 1.29 is 13.2 Å². The van der Waals surface area contributed by atoms with E-state index in [4.69, 9.17) is 27.9 Å². The lowest BCUT2D eigenvalue weighted by atomic mass is 10.1. The molecule has 2 aromatic carbocycles. The third kappa shape index (κ3) is 4.61. The van der Waals surface area contributed by atoms with E-state index in [0.29, 0.717) is 22.2 Å². The van der Waals surface area contributed by atoms with Crippen LogP contribution in [-0.2, 0) is 16.4 Å². The average Bonchev–Trinajstić information content (AvgIpc) is 2.49. The first kappa shape index (κ1) is 18.1. The Morgan fingerprint density at radius 3 is 2.48 bits per heavy atom. The van der Waals surface area contributed by atoms with Gasteiger partial charge in [0, 0.05) is 16.6 Å². The molecule has 0 bridgehead atoms. The topological polar surface area (TPSA) is 55.4 Å². The molecule has 0 amide bonds. The smallest absolute Gasteiger partial charge is 0.240 e. The average molecular weight is 374 g/mol. The molecule has 2 rings (SSSR count). The van der Waals surface area contributed by atoms with Crippen LogP contribution in [0.4, 0.5) is 0 Å².